The van der Waals surface area contributed by atoms with E-state index in [1.807, 2.05) is 13.0 Å². The topological polar surface area (TPSA) is 29.9 Å². The van der Waals surface area contributed by atoms with E-state index in [-0.39, 0.29) is 0 Å². The fraction of sp³-hybridized carbons (Fsp3) is 0.438. The maximum Gasteiger partial charge on any atom is 0.0642 e. The van der Waals surface area contributed by atoms with Crippen molar-refractivity contribution in [3.8, 4) is 0 Å². The van der Waals surface area contributed by atoms with Crippen molar-refractivity contribution in [1.29, 1.82) is 0 Å². The van der Waals surface area contributed by atoms with Crippen LogP contribution < -0.4 is 5.32 Å². The van der Waals surface area contributed by atoms with Crippen LogP contribution in [0.2, 0.25) is 0 Å². The van der Waals surface area contributed by atoms with Gasteiger partial charge in [0.05, 0.1) is 12.2 Å². The van der Waals surface area contributed by atoms with Gasteiger partial charge in [-0.2, -0.15) is 0 Å². The molecule has 3 nitrogen and oxygen atoms in total. The van der Waals surface area contributed by atoms with Gasteiger partial charge in [0.15, 0.2) is 0 Å². The first kappa shape index (κ1) is 13.8. The Morgan fingerprint density at radius 2 is 2.11 bits per heavy atom. The van der Waals surface area contributed by atoms with Crippen LogP contribution >= 0.6 is 0 Å². The van der Waals surface area contributed by atoms with Crippen LogP contribution in [0.4, 0.5) is 0 Å². The summed E-state index contributed by atoms with van der Waals surface area (Å²) >= 11 is 0. The molecule has 2 heterocycles. The van der Waals surface area contributed by atoms with Gasteiger partial charge in [-0.05, 0) is 43.1 Å². The number of rotatable bonds is 6. The minimum atomic E-state index is 0.693. The van der Waals surface area contributed by atoms with Crippen molar-refractivity contribution in [3.05, 3.63) is 53.6 Å². The third-order valence-electron chi connectivity index (χ3n) is 2.98. The Morgan fingerprint density at radius 1 is 1.26 bits per heavy atom. The molecule has 0 atom stereocenters. The van der Waals surface area contributed by atoms with Gasteiger partial charge >= 0.3 is 0 Å². The zero-order chi connectivity index (χ0) is 13.7. The summed E-state index contributed by atoms with van der Waals surface area (Å²) < 4.78 is 2.19. The van der Waals surface area contributed by atoms with Crippen LogP contribution in [0.3, 0.4) is 0 Å². The second-order valence-corrected chi connectivity index (χ2v) is 5.49. The molecule has 2 aromatic rings. The second-order valence-electron chi connectivity index (χ2n) is 5.49. The van der Waals surface area contributed by atoms with E-state index in [0.717, 1.165) is 31.0 Å². The molecule has 0 spiro atoms. The molecule has 2 aromatic heterocycles. The number of hydrogen-bond donors (Lipinski definition) is 1. The summed E-state index contributed by atoms with van der Waals surface area (Å²) in [6.45, 7) is 9.31. The summed E-state index contributed by atoms with van der Waals surface area (Å²) in [7, 11) is 0. The molecule has 0 saturated heterocycles. The maximum absolute atomic E-state index is 4.53. The van der Waals surface area contributed by atoms with Crippen molar-refractivity contribution in [3.63, 3.8) is 0 Å². The van der Waals surface area contributed by atoms with Crippen LogP contribution in [0, 0.1) is 12.8 Å². The third kappa shape index (κ3) is 4.52. The highest BCUT2D eigenvalue weighted by atomic mass is 15.0. The summed E-state index contributed by atoms with van der Waals surface area (Å²) in [5.74, 6) is 0.693. The van der Waals surface area contributed by atoms with Gasteiger partial charge in [-0.25, -0.2) is 0 Å². The molecule has 0 unspecified atom stereocenters. The molecule has 0 saturated carbocycles. The van der Waals surface area contributed by atoms with Crippen LogP contribution in [-0.4, -0.2) is 16.1 Å². The Morgan fingerprint density at radius 3 is 2.84 bits per heavy atom. The minimum Gasteiger partial charge on any atom is -0.348 e. The van der Waals surface area contributed by atoms with Crippen LogP contribution in [0.5, 0.6) is 0 Å². The standard InChI is InChI=1S/C16H23N3/c1-13(2)9-17-10-15-7-8-19(11-15)12-16-6-4-5-14(3)18-16/h4-8,11,13,17H,9-10,12H2,1-3H3. The van der Waals surface area contributed by atoms with Gasteiger partial charge < -0.3 is 9.88 Å². The summed E-state index contributed by atoms with van der Waals surface area (Å²) in [6, 6.07) is 8.33. The van der Waals surface area contributed by atoms with Crippen LogP contribution in [-0.2, 0) is 13.1 Å². The Hall–Kier alpha value is -1.61. The first-order valence-electron chi connectivity index (χ1n) is 6.91. The monoisotopic (exact) mass is 257 g/mol. The molecule has 0 aliphatic rings. The first-order valence-corrected chi connectivity index (χ1v) is 6.91. The van der Waals surface area contributed by atoms with E-state index >= 15 is 0 Å². The van der Waals surface area contributed by atoms with Gasteiger partial charge in [0.25, 0.3) is 0 Å². The van der Waals surface area contributed by atoms with E-state index in [4.69, 9.17) is 0 Å². The molecule has 0 amide bonds. The van der Waals surface area contributed by atoms with Crippen LogP contribution in [0.1, 0.15) is 30.8 Å². The highest BCUT2D eigenvalue weighted by Crippen LogP contribution is 2.06. The minimum absolute atomic E-state index is 0.693. The quantitative estimate of drug-likeness (QED) is 0.862. The molecule has 0 aliphatic carbocycles. The van der Waals surface area contributed by atoms with E-state index in [9.17, 15) is 0 Å². The Kier molecular flexibility index (Phi) is 4.74. The normalized spacial score (nSPS) is 11.2. The van der Waals surface area contributed by atoms with Crippen molar-refractivity contribution in [2.45, 2.75) is 33.9 Å². The number of aromatic nitrogens is 2. The van der Waals surface area contributed by atoms with Crippen LogP contribution in [0.15, 0.2) is 36.7 Å². The summed E-state index contributed by atoms with van der Waals surface area (Å²) in [4.78, 5) is 4.53. The molecule has 2 rings (SSSR count). The van der Waals surface area contributed by atoms with Gasteiger partial charge in [-0.15, -0.1) is 0 Å². The highest BCUT2D eigenvalue weighted by molar-refractivity contribution is 5.14. The Balaban J connectivity index is 1.90. The Bertz CT molecular complexity index is 514. The molecule has 0 fully saturated rings. The summed E-state index contributed by atoms with van der Waals surface area (Å²) in [5.41, 5.74) is 3.51. The molecular formula is C16H23N3. The van der Waals surface area contributed by atoms with Gasteiger partial charge in [-0.3, -0.25) is 4.98 Å². The fourth-order valence-electron chi connectivity index (χ4n) is 2.07. The maximum atomic E-state index is 4.53. The van der Waals surface area contributed by atoms with E-state index in [2.05, 4.69) is 59.3 Å². The molecule has 0 radical (unpaired) electrons. The molecule has 102 valence electrons. The van der Waals surface area contributed by atoms with E-state index in [1.54, 1.807) is 0 Å². The van der Waals surface area contributed by atoms with E-state index in [0.29, 0.717) is 5.92 Å². The van der Waals surface area contributed by atoms with E-state index in [1.165, 1.54) is 5.56 Å². The van der Waals surface area contributed by atoms with Crippen molar-refractivity contribution in [2.24, 2.45) is 5.92 Å². The average molecular weight is 257 g/mol. The number of nitrogens with one attached hydrogen (secondary N) is 1. The van der Waals surface area contributed by atoms with Crippen molar-refractivity contribution >= 4 is 0 Å². The lowest BCUT2D eigenvalue weighted by Crippen LogP contribution is -2.18. The first-order chi connectivity index (χ1) is 9.13. The zero-order valence-electron chi connectivity index (χ0n) is 12.1. The molecule has 0 aliphatic heterocycles. The number of nitrogens with zero attached hydrogens (tertiary/aromatic N) is 2. The van der Waals surface area contributed by atoms with Crippen molar-refractivity contribution in [2.75, 3.05) is 6.54 Å². The molecule has 0 bridgehead atoms. The number of pyridine rings is 1. The van der Waals surface area contributed by atoms with Gasteiger partial charge in [0, 0.05) is 24.6 Å². The molecule has 1 N–H and O–H groups in total. The second kappa shape index (κ2) is 6.53. The molecule has 3 heteroatoms. The van der Waals surface area contributed by atoms with Gasteiger partial charge in [0.2, 0.25) is 0 Å². The molecular weight excluding hydrogens is 234 g/mol. The smallest absolute Gasteiger partial charge is 0.0642 e. The SMILES string of the molecule is Cc1cccc(Cn2ccc(CNCC(C)C)c2)n1. The summed E-state index contributed by atoms with van der Waals surface area (Å²) in [6.07, 6.45) is 4.31. The fourth-order valence-corrected chi connectivity index (χ4v) is 2.07. The third-order valence-corrected chi connectivity index (χ3v) is 2.98. The van der Waals surface area contributed by atoms with Crippen LogP contribution in [0.25, 0.3) is 0 Å². The predicted octanol–water partition coefficient (Wildman–Crippen LogP) is 2.99. The average Bonchev–Trinajstić information content (AvgIpc) is 2.76. The number of hydrogen-bond acceptors (Lipinski definition) is 2. The molecule has 19 heavy (non-hydrogen) atoms. The lowest BCUT2D eigenvalue weighted by Gasteiger charge is -2.06. The lowest BCUT2D eigenvalue weighted by atomic mass is 10.2. The lowest BCUT2D eigenvalue weighted by molar-refractivity contribution is 0.552. The van der Waals surface area contributed by atoms with Gasteiger partial charge in [0.1, 0.15) is 0 Å². The summed E-state index contributed by atoms with van der Waals surface area (Å²) in [5, 5.41) is 3.46. The Labute approximate surface area is 115 Å². The van der Waals surface area contributed by atoms with Gasteiger partial charge in [-0.1, -0.05) is 19.9 Å². The van der Waals surface area contributed by atoms with Crippen molar-refractivity contribution in [1.82, 2.24) is 14.9 Å². The number of aryl methyl sites for hydroxylation is 1. The van der Waals surface area contributed by atoms with E-state index < -0.39 is 0 Å². The largest absolute Gasteiger partial charge is 0.348 e. The highest BCUT2D eigenvalue weighted by Gasteiger charge is 2.00. The zero-order valence-corrected chi connectivity index (χ0v) is 12.1. The van der Waals surface area contributed by atoms with Crippen molar-refractivity contribution < 1.29 is 0 Å². The predicted molar refractivity (Wildman–Crippen MR) is 79.1 cm³/mol. The molecule has 0 aromatic carbocycles.